The van der Waals surface area contributed by atoms with E-state index in [0.717, 1.165) is 50.8 Å². The Morgan fingerprint density at radius 3 is 1.15 bits per heavy atom. The van der Waals surface area contributed by atoms with Gasteiger partial charge in [-0.3, -0.25) is 0 Å². The minimum atomic E-state index is -3.02. The highest BCUT2D eigenvalue weighted by atomic mass is 28.3. The van der Waals surface area contributed by atoms with Gasteiger partial charge in [0, 0.05) is 5.56 Å². The van der Waals surface area contributed by atoms with Crippen molar-refractivity contribution in [1.29, 1.82) is 0 Å². The van der Waals surface area contributed by atoms with Gasteiger partial charge in [0.1, 0.15) is 23.0 Å². The summed E-state index contributed by atoms with van der Waals surface area (Å²) in [4.78, 5) is 0. The van der Waals surface area contributed by atoms with Crippen molar-refractivity contribution in [3.8, 4) is 89.8 Å². The molecule has 2 heterocycles. The van der Waals surface area contributed by atoms with Crippen molar-refractivity contribution in [3.05, 3.63) is 242 Å². The first-order valence-corrected chi connectivity index (χ1v) is 25.3. The zero-order valence-corrected chi connectivity index (χ0v) is 38.8. The van der Waals surface area contributed by atoms with Crippen molar-refractivity contribution < 1.29 is 9.47 Å². The van der Waals surface area contributed by atoms with Crippen molar-refractivity contribution in [2.24, 2.45) is 0 Å². The maximum Gasteiger partial charge on any atom is 0.196 e. The number of rotatable bonds is 6. The molecule has 2 aliphatic heterocycles. The quantitative estimate of drug-likeness (QED) is 0.155. The van der Waals surface area contributed by atoms with Crippen molar-refractivity contribution in [2.45, 2.75) is 26.2 Å². The molecule has 2 aliphatic rings. The average molecular weight is 877 g/mol. The molecule has 0 saturated heterocycles. The molecule has 10 aromatic rings. The topological polar surface area (TPSA) is 18.5 Å². The molecule has 1 spiro atoms. The molecule has 0 saturated carbocycles. The van der Waals surface area contributed by atoms with Crippen LogP contribution in [0.2, 0.25) is 0 Å². The van der Waals surface area contributed by atoms with Gasteiger partial charge in [0.25, 0.3) is 0 Å². The van der Waals surface area contributed by atoms with Crippen LogP contribution in [-0.4, -0.2) is 8.07 Å². The summed E-state index contributed by atoms with van der Waals surface area (Å²) in [5.74, 6) is 3.65. The molecular formula is C64H48O2Si. The third-order valence-corrected chi connectivity index (χ3v) is 18.6. The molecule has 3 heteroatoms. The van der Waals surface area contributed by atoms with E-state index in [1.54, 1.807) is 0 Å². The van der Waals surface area contributed by atoms with Crippen LogP contribution in [-0.2, 0) is 5.41 Å². The van der Waals surface area contributed by atoms with Gasteiger partial charge in [-0.25, -0.2) is 0 Å². The maximum atomic E-state index is 7.44. The Balaban J connectivity index is 1.21. The second-order valence-electron chi connectivity index (χ2n) is 18.7. The summed E-state index contributed by atoms with van der Waals surface area (Å²) in [7, 11) is -3.02. The number of hydrogen-bond donors (Lipinski definition) is 0. The zero-order valence-electron chi connectivity index (χ0n) is 37.8. The average Bonchev–Trinajstić information content (AvgIpc) is 3.38. The van der Waals surface area contributed by atoms with Crippen LogP contribution in [0.1, 0.15) is 26.3 Å². The summed E-state index contributed by atoms with van der Waals surface area (Å²) in [6.07, 6.45) is 0. The van der Waals surface area contributed by atoms with E-state index in [1.807, 2.05) is 0 Å². The molecule has 0 aliphatic carbocycles. The monoisotopic (exact) mass is 876 g/mol. The van der Waals surface area contributed by atoms with Gasteiger partial charge in [-0.2, -0.15) is 0 Å². The van der Waals surface area contributed by atoms with Gasteiger partial charge in [0.05, 0.1) is 0 Å². The molecule has 0 N–H and O–H groups in total. The van der Waals surface area contributed by atoms with E-state index < -0.39 is 8.07 Å². The summed E-state index contributed by atoms with van der Waals surface area (Å²) >= 11 is 0. The fourth-order valence-electron chi connectivity index (χ4n) is 10.9. The van der Waals surface area contributed by atoms with E-state index in [-0.39, 0.29) is 5.41 Å². The van der Waals surface area contributed by atoms with Crippen molar-refractivity contribution in [2.75, 3.05) is 0 Å². The van der Waals surface area contributed by atoms with Crippen molar-refractivity contribution in [3.63, 3.8) is 0 Å². The Kier molecular flexibility index (Phi) is 9.78. The van der Waals surface area contributed by atoms with Crippen LogP contribution in [0.4, 0.5) is 0 Å². The summed E-state index contributed by atoms with van der Waals surface area (Å²) in [5.41, 5.74) is 15.0. The van der Waals surface area contributed by atoms with Gasteiger partial charge < -0.3 is 9.47 Å². The fraction of sp³-hybridized carbons (Fsp3) is 0.0625. The van der Waals surface area contributed by atoms with Gasteiger partial charge >= 0.3 is 0 Å². The Morgan fingerprint density at radius 2 is 0.687 bits per heavy atom. The van der Waals surface area contributed by atoms with Crippen LogP contribution in [0.15, 0.2) is 237 Å². The first-order chi connectivity index (χ1) is 32.9. The Morgan fingerprint density at radius 1 is 0.299 bits per heavy atom. The van der Waals surface area contributed by atoms with Crippen LogP contribution in [0.25, 0.3) is 66.8 Å². The fourth-order valence-corrected chi connectivity index (χ4v) is 16.0. The molecule has 0 bridgehead atoms. The number of para-hydroxylation sites is 3. The van der Waals surface area contributed by atoms with E-state index in [4.69, 9.17) is 9.47 Å². The second-order valence-corrected chi connectivity index (χ2v) is 22.4. The number of fused-ring (bicyclic) bond motifs is 8. The molecule has 67 heavy (non-hydrogen) atoms. The predicted molar refractivity (Wildman–Crippen MR) is 282 cm³/mol. The van der Waals surface area contributed by atoms with Crippen molar-refractivity contribution >= 4 is 28.8 Å². The molecule has 10 aromatic carbocycles. The first-order valence-electron chi connectivity index (χ1n) is 23.3. The van der Waals surface area contributed by atoms with Gasteiger partial charge in [-0.15, -0.1) is 0 Å². The SMILES string of the molecule is CC(C)(C)c1ccc2c(c1-c1cccc(-c3c(-c4ccccc4)c(-c4ccccc4)cc(-c4ccccc4)c3-c3ccccc3)c1)Oc1ccccc1[Si]21c2ccccc2Oc2ccccc21. The molecule has 0 radical (unpaired) electrons. The molecule has 12 rings (SSSR count). The lowest BCUT2D eigenvalue weighted by atomic mass is 9.77. The summed E-state index contributed by atoms with van der Waals surface area (Å²) in [6, 6.07) is 86.2. The normalized spacial score (nSPS) is 13.1. The molecule has 0 amide bonds. The Labute approximate surface area is 394 Å². The smallest absolute Gasteiger partial charge is 0.196 e. The van der Waals surface area contributed by atoms with Gasteiger partial charge in [0.15, 0.2) is 8.07 Å². The summed E-state index contributed by atoms with van der Waals surface area (Å²) < 4.78 is 14.2. The minimum Gasteiger partial charge on any atom is -0.458 e. The number of benzene rings is 10. The predicted octanol–water partition coefficient (Wildman–Crippen LogP) is 14.6. The third-order valence-electron chi connectivity index (χ3n) is 13.7. The zero-order chi connectivity index (χ0) is 45.1. The van der Waals surface area contributed by atoms with Gasteiger partial charge in [0.2, 0.25) is 0 Å². The van der Waals surface area contributed by atoms with E-state index in [2.05, 4.69) is 257 Å². The summed E-state index contributed by atoms with van der Waals surface area (Å²) in [5, 5.41) is 4.94. The highest BCUT2D eigenvalue weighted by Crippen LogP contribution is 2.52. The third kappa shape index (κ3) is 6.61. The molecule has 0 fully saturated rings. The Hall–Kier alpha value is -7.98. The minimum absolute atomic E-state index is 0.223. The van der Waals surface area contributed by atoms with Gasteiger partial charge in [-0.05, 0) is 123 Å². The molecule has 0 unspecified atom stereocenters. The van der Waals surface area contributed by atoms with Crippen LogP contribution < -0.4 is 30.2 Å². The van der Waals surface area contributed by atoms with Crippen LogP contribution in [0.5, 0.6) is 23.0 Å². The molecule has 320 valence electrons. The van der Waals surface area contributed by atoms with E-state index in [9.17, 15) is 0 Å². The molecule has 2 nitrogen and oxygen atoms in total. The molecule has 0 aromatic heterocycles. The van der Waals surface area contributed by atoms with E-state index in [0.29, 0.717) is 0 Å². The second kappa shape index (κ2) is 16.2. The number of ether oxygens (including phenoxy) is 2. The highest BCUT2D eigenvalue weighted by Gasteiger charge is 2.53. The van der Waals surface area contributed by atoms with Crippen molar-refractivity contribution in [1.82, 2.24) is 0 Å². The maximum absolute atomic E-state index is 7.44. The molecule has 0 atom stereocenters. The highest BCUT2D eigenvalue weighted by molar-refractivity contribution is 7.21. The van der Waals surface area contributed by atoms with E-state index >= 15 is 0 Å². The van der Waals surface area contributed by atoms with Crippen LogP contribution in [0, 0.1) is 0 Å². The largest absolute Gasteiger partial charge is 0.458 e. The first kappa shape index (κ1) is 40.5. The van der Waals surface area contributed by atoms with Crippen LogP contribution >= 0.6 is 0 Å². The van der Waals surface area contributed by atoms with Crippen LogP contribution in [0.3, 0.4) is 0 Å². The van der Waals surface area contributed by atoms with E-state index in [1.165, 1.54) is 65.3 Å². The summed E-state index contributed by atoms with van der Waals surface area (Å²) in [6.45, 7) is 6.96. The lowest BCUT2D eigenvalue weighted by Gasteiger charge is -2.44. The number of hydrogen-bond acceptors (Lipinski definition) is 2. The Bertz CT molecular complexity index is 3320. The standard InChI is InChI=1S/C64H48O2Si/c1-64(2,3)51-39-40-58-63(66-54-35-18-21-38-57(54)67(58)55-36-19-16-33-52(55)65-53-34-17-20-37-56(53)67)61(51)47-31-22-32-48(41-47)62-59(45-27-12-6-13-28-45)49(43-23-8-4-9-24-43)42-50(44-25-10-5-11-26-44)60(62)46-29-14-7-15-30-46/h4-42H,1-3H3. The van der Waals surface area contributed by atoms with Gasteiger partial charge in [-0.1, -0.05) is 227 Å². The lowest BCUT2D eigenvalue weighted by Crippen LogP contribution is -2.77. The molecular weight excluding hydrogens is 829 g/mol. The lowest BCUT2D eigenvalue weighted by molar-refractivity contribution is 0.480.